The third-order valence-corrected chi connectivity index (χ3v) is 6.34. The van der Waals surface area contributed by atoms with E-state index in [9.17, 15) is 0 Å². The van der Waals surface area contributed by atoms with Gasteiger partial charge in [0, 0.05) is 11.1 Å². The minimum absolute atomic E-state index is 0.345. The summed E-state index contributed by atoms with van der Waals surface area (Å²) in [5.41, 5.74) is 6.12. The molecular formula is C26H25BN2O2. The Balaban J connectivity index is 1.41. The second-order valence-corrected chi connectivity index (χ2v) is 9.01. The molecule has 1 aliphatic heterocycles. The van der Waals surface area contributed by atoms with Crippen LogP contribution in [0.2, 0.25) is 0 Å². The summed E-state index contributed by atoms with van der Waals surface area (Å²) in [4.78, 5) is 9.61. The van der Waals surface area contributed by atoms with Gasteiger partial charge in [-0.1, -0.05) is 54.6 Å². The SMILES string of the molecule is CC1(C)OB(c2ccc(-c3ccc4nc(-c5ccccc5)ccc4n3)cc2)OC1(C)C. The molecule has 1 fully saturated rings. The fourth-order valence-corrected chi connectivity index (χ4v) is 3.73. The van der Waals surface area contributed by atoms with Gasteiger partial charge in [-0.2, -0.15) is 0 Å². The molecule has 4 nitrogen and oxygen atoms in total. The van der Waals surface area contributed by atoms with E-state index in [2.05, 4.69) is 64.1 Å². The lowest BCUT2D eigenvalue weighted by Gasteiger charge is -2.32. The van der Waals surface area contributed by atoms with Crippen molar-refractivity contribution in [2.45, 2.75) is 38.9 Å². The van der Waals surface area contributed by atoms with Crippen LogP contribution in [-0.4, -0.2) is 28.3 Å². The zero-order chi connectivity index (χ0) is 21.6. The van der Waals surface area contributed by atoms with Crippen molar-refractivity contribution in [3.05, 3.63) is 78.9 Å². The van der Waals surface area contributed by atoms with E-state index in [0.29, 0.717) is 0 Å². The van der Waals surface area contributed by atoms with Crippen molar-refractivity contribution < 1.29 is 9.31 Å². The van der Waals surface area contributed by atoms with Crippen molar-refractivity contribution in [1.29, 1.82) is 0 Å². The predicted molar refractivity (Wildman–Crippen MR) is 126 cm³/mol. The first-order valence-electron chi connectivity index (χ1n) is 10.6. The second-order valence-electron chi connectivity index (χ2n) is 9.01. The number of hydrogen-bond acceptors (Lipinski definition) is 4. The van der Waals surface area contributed by atoms with Gasteiger partial charge in [0.1, 0.15) is 0 Å². The second kappa shape index (κ2) is 7.29. The van der Waals surface area contributed by atoms with E-state index in [4.69, 9.17) is 19.3 Å². The van der Waals surface area contributed by atoms with Crippen LogP contribution in [0.15, 0.2) is 78.9 Å². The fourth-order valence-electron chi connectivity index (χ4n) is 3.73. The molecule has 2 aromatic carbocycles. The van der Waals surface area contributed by atoms with E-state index in [0.717, 1.165) is 39.0 Å². The van der Waals surface area contributed by atoms with Crippen molar-refractivity contribution in [3.63, 3.8) is 0 Å². The average Bonchev–Trinajstić information content (AvgIpc) is 3.00. The van der Waals surface area contributed by atoms with Gasteiger partial charge in [-0.05, 0) is 57.4 Å². The Bertz CT molecular complexity index is 1220. The van der Waals surface area contributed by atoms with Gasteiger partial charge >= 0.3 is 7.12 Å². The van der Waals surface area contributed by atoms with Crippen molar-refractivity contribution in [2.24, 2.45) is 0 Å². The molecule has 5 rings (SSSR count). The Morgan fingerprint density at radius 1 is 0.581 bits per heavy atom. The Hall–Kier alpha value is -3.02. The smallest absolute Gasteiger partial charge is 0.399 e. The lowest BCUT2D eigenvalue weighted by atomic mass is 9.79. The molecule has 0 saturated carbocycles. The van der Waals surface area contributed by atoms with E-state index in [1.54, 1.807) is 0 Å². The highest BCUT2D eigenvalue weighted by Gasteiger charge is 2.51. The summed E-state index contributed by atoms with van der Waals surface area (Å²) in [6.07, 6.45) is 0. The first-order chi connectivity index (χ1) is 14.8. The molecule has 5 heteroatoms. The van der Waals surface area contributed by atoms with Crippen LogP contribution in [0.1, 0.15) is 27.7 Å². The minimum Gasteiger partial charge on any atom is -0.399 e. The molecule has 3 heterocycles. The summed E-state index contributed by atoms with van der Waals surface area (Å²) in [5, 5.41) is 0. The van der Waals surface area contributed by atoms with Gasteiger partial charge in [-0.15, -0.1) is 0 Å². The van der Waals surface area contributed by atoms with Crippen LogP contribution in [0, 0.1) is 0 Å². The Morgan fingerprint density at radius 3 is 1.58 bits per heavy atom. The standard InChI is InChI=1S/C26H25BN2O2/c1-25(2)26(3,4)31-27(30-25)20-12-10-19(11-13-20)22-15-17-23-24(29-22)16-14-21(28-23)18-8-6-5-7-9-18/h5-17H,1-4H3. The topological polar surface area (TPSA) is 44.2 Å². The Morgan fingerprint density at radius 2 is 1.06 bits per heavy atom. The number of pyridine rings is 2. The zero-order valence-corrected chi connectivity index (χ0v) is 18.3. The average molecular weight is 408 g/mol. The molecule has 0 N–H and O–H groups in total. The van der Waals surface area contributed by atoms with E-state index < -0.39 is 0 Å². The first kappa shape index (κ1) is 19.9. The van der Waals surface area contributed by atoms with Gasteiger partial charge < -0.3 is 9.31 Å². The van der Waals surface area contributed by atoms with E-state index in [1.165, 1.54) is 0 Å². The van der Waals surface area contributed by atoms with Crippen LogP contribution in [0.25, 0.3) is 33.5 Å². The van der Waals surface area contributed by atoms with Gasteiger partial charge in [0.2, 0.25) is 0 Å². The van der Waals surface area contributed by atoms with Crippen molar-refractivity contribution in [1.82, 2.24) is 9.97 Å². The Kier molecular flexibility index (Phi) is 4.69. The summed E-state index contributed by atoms with van der Waals surface area (Å²) >= 11 is 0. The van der Waals surface area contributed by atoms with Crippen molar-refractivity contribution in [3.8, 4) is 22.5 Å². The lowest BCUT2D eigenvalue weighted by molar-refractivity contribution is 0.00578. The molecule has 31 heavy (non-hydrogen) atoms. The molecule has 4 aromatic rings. The van der Waals surface area contributed by atoms with Crippen molar-refractivity contribution >= 4 is 23.6 Å². The van der Waals surface area contributed by atoms with E-state index in [1.807, 2.05) is 42.5 Å². The zero-order valence-electron chi connectivity index (χ0n) is 18.3. The molecule has 0 spiro atoms. The van der Waals surface area contributed by atoms with Crippen LogP contribution >= 0.6 is 0 Å². The molecule has 1 saturated heterocycles. The largest absolute Gasteiger partial charge is 0.494 e. The number of aromatic nitrogens is 2. The fraction of sp³-hybridized carbons (Fsp3) is 0.231. The quantitative estimate of drug-likeness (QED) is 0.434. The van der Waals surface area contributed by atoms with Gasteiger partial charge in [0.15, 0.2) is 0 Å². The maximum Gasteiger partial charge on any atom is 0.494 e. The number of nitrogens with zero attached hydrogens (tertiary/aromatic N) is 2. The van der Waals surface area contributed by atoms with Crippen LogP contribution in [0.4, 0.5) is 0 Å². The highest BCUT2D eigenvalue weighted by Crippen LogP contribution is 2.36. The van der Waals surface area contributed by atoms with Crippen LogP contribution in [0.5, 0.6) is 0 Å². The number of benzene rings is 2. The summed E-state index contributed by atoms with van der Waals surface area (Å²) < 4.78 is 12.3. The molecule has 0 unspecified atom stereocenters. The highest BCUT2D eigenvalue weighted by atomic mass is 16.7. The van der Waals surface area contributed by atoms with Crippen LogP contribution in [0.3, 0.4) is 0 Å². The predicted octanol–water partition coefficient (Wildman–Crippen LogP) is 5.26. The molecule has 2 aromatic heterocycles. The number of fused-ring (bicyclic) bond motifs is 1. The molecule has 1 aliphatic rings. The molecule has 0 aliphatic carbocycles. The summed E-state index contributed by atoms with van der Waals surface area (Å²) in [6.45, 7) is 8.27. The molecular weight excluding hydrogens is 383 g/mol. The van der Waals surface area contributed by atoms with Crippen LogP contribution < -0.4 is 5.46 Å². The third kappa shape index (κ3) is 3.64. The van der Waals surface area contributed by atoms with Gasteiger partial charge in [0.05, 0.1) is 33.6 Å². The van der Waals surface area contributed by atoms with E-state index in [-0.39, 0.29) is 18.3 Å². The third-order valence-electron chi connectivity index (χ3n) is 6.34. The molecule has 0 radical (unpaired) electrons. The molecule has 154 valence electrons. The maximum absolute atomic E-state index is 6.15. The first-order valence-corrected chi connectivity index (χ1v) is 10.6. The Labute approximate surface area is 183 Å². The van der Waals surface area contributed by atoms with Gasteiger partial charge in [-0.3, -0.25) is 0 Å². The van der Waals surface area contributed by atoms with E-state index >= 15 is 0 Å². The molecule has 0 amide bonds. The number of hydrogen-bond donors (Lipinski definition) is 0. The maximum atomic E-state index is 6.15. The molecule has 0 bridgehead atoms. The monoisotopic (exact) mass is 408 g/mol. The van der Waals surface area contributed by atoms with Gasteiger partial charge in [-0.25, -0.2) is 9.97 Å². The molecule has 0 atom stereocenters. The van der Waals surface area contributed by atoms with Crippen LogP contribution in [-0.2, 0) is 9.31 Å². The summed E-state index contributed by atoms with van der Waals surface area (Å²) in [6, 6.07) is 26.6. The highest BCUT2D eigenvalue weighted by molar-refractivity contribution is 6.62. The number of rotatable bonds is 3. The lowest BCUT2D eigenvalue weighted by Crippen LogP contribution is -2.41. The summed E-state index contributed by atoms with van der Waals surface area (Å²) in [7, 11) is -0.357. The normalized spacial score (nSPS) is 17.2. The summed E-state index contributed by atoms with van der Waals surface area (Å²) in [5.74, 6) is 0. The van der Waals surface area contributed by atoms with Gasteiger partial charge in [0.25, 0.3) is 0 Å². The van der Waals surface area contributed by atoms with Crippen molar-refractivity contribution in [2.75, 3.05) is 0 Å². The minimum atomic E-state index is -0.357.